The molecule has 0 aromatic heterocycles. The molecule has 0 unspecified atom stereocenters. The van der Waals surface area contributed by atoms with Crippen LogP contribution < -0.4 is 8.79 Å². The van der Waals surface area contributed by atoms with E-state index in [-0.39, 0.29) is 7.43 Å². The van der Waals surface area contributed by atoms with Gasteiger partial charge >= 0.3 is 294 Å². The molecule has 0 aliphatic heterocycles. The first-order chi connectivity index (χ1) is 19.4. The minimum atomic E-state index is -1.12. The Morgan fingerprint density at radius 1 is 0.349 bits per heavy atom. The Morgan fingerprint density at radius 3 is 0.651 bits per heavy atom. The van der Waals surface area contributed by atoms with Crippen molar-refractivity contribution in [2.45, 2.75) is 156 Å². The summed E-state index contributed by atoms with van der Waals surface area (Å²) in [6.45, 7) is 36.8. The van der Waals surface area contributed by atoms with Gasteiger partial charge in [0.05, 0.1) is 0 Å². The first-order valence-corrected chi connectivity index (χ1v) is 33.5. The molecule has 0 heterocycles. The predicted molar refractivity (Wildman–Crippen MR) is 214 cm³/mol. The molecule has 2 rings (SSSR count). The molecule has 0 aliphatic rings. The van der Waals surface area contributed by atoms with Gasteiger partial charge in [-0.25, -0.2) is 0 Å². The number of rotatable bonds is 10. The van der Waals surface area contributed by atoms with Crippen LogP contribution in [0.4, 0.5) is 0 Å². The Balaban J connectivity index is -0.000000507. The van der Waals surface area contributed by atoms with E-state index >= 15 is 0 Å². The summed E-state index contributed by atoms with van der Waals surface area (Å²) in [6, 6.07) is 22.2. The fourth-order valence-electron chi connectivity index (χ4n) is 5.26. The van der Waals surface area contributed by atoms with Crippen LogP contribution in [0.3, 0.4) is 0 Å². The molecule has 6 heteroatoms. The summed E-state index contributed by atoms with van der Waals surface area (Å²) in [5.41, 5.74) is 0. The van der Waals surface area contributed by atoms with Crippen LogP contribution in [0.1, 0.15) is 118 Å². The van der Waals surface area contributed by atoms with Gasteiger partial charge in [-0.2, -0.15) is 0 Å². The molecule has 43 heavy (non-hydrogen) atoms. The van der Waals surface area contributed by atoms with Crippen LogP contribution in [0.5, 0.6) is 0 Å². The van der Waals surface area contributed by atoms with Crippen molar-refractivity contribution in [2.24, 2.45) is 0 Å². The van der Waals surface area contributed by atoms with E-state index in [0.29, 0.717) is 0 Å². The Labute approximate surface area is 298 Å². The van der Waals surface area contributed by atoms with E-state index in [1.807, 2.05) is 0 Å². The van der Waals surface area contributed by atoms with Gasteiger partial charge in [0.1, 0.15) is 0 Å². The molecule has 0 nitrogen and oxygen atoms in total. The second-order valence-corrected chi connectivity index (χ2v) is 47.0. The fourth-order valence-corrected chi connectivity index (χ4v) is 24.5. The maximum absolute atomic E-state index is 6.12. The van der Waals surface area contributed by atoms with Crippen molar-refractivity contribution in [3.05, 3.63) is 60.7 Å². The minimum absolute atomic E-state index is 0. The van der Waals surface area contributed by atoms with E-state index in [4.69, 9.17) is 20.0 Å². The van der Waals surface area contributed by atoms with E-state index in [1.54, 1.807) is 8.79 Å². The fraction of sp³-hybridized carbons (Fsp3) is 0.676. The van der Waals surface area contributed by atoms with Gasteiger partial charge in [-0.1, -0.05) is 7.43 Å². The van der Waals surface area contributed by atoms with Crippen LogP contribution in [-0.2, 0) is 0 Å². The molecule has 0 saturated carbocycles. The third kappa shape index (κ3) is 22.4. The Morgan fingerprint density at radius 2 is 0.535 bits per heavy atom. The quantitative estimate of drug-likeness (QED) is 0.209. The predicted octanol–water partition coefficient (Wildman–Crippen LogP) is 13.1. The van der Waals surface area contributed by atoms with Crippen molar-refractivity contribution in [3.8, 4) is 0 Å². The molecule has 4 radical (unpaired) electrons. The van der Waals surface area contributed by atoms with E-state index in [9.17, 15) is 0 Å². The van der Waals surface area contributed by atoms with Crippen molar-refractivity contribution >= 4 is 84.3 Å². The average Bonchev–Trinajstić information content (AvgIpc) is 2.89. The number of benzene rings is 2. The zero-order valence-corrected chi connectivity index (χ0v) is 40.1. The van der Waals surface area contributed by atoms with Gasteiger partial charge < -0.3 is 0 Å². The van der Waals surface area contributed by atoms with Gasteiger partial charge in [0.25, 0.3) is 0 Å². The van der Waals surface area contributed by atoms with Crippen LogP contribution in [0.15, 0.2) is 60.7 Å². The molecule has 0 atom stereocenters. The van der Waals surface area contributed by atoms with Gasteiger partial charge in [-0.05, 0) is 0 Å². The molecular weight excluding hydrogens is 806 g/mol. The van der Waals surface area contributed by atoms with Gasteiger partial charge in [0.2, 0.25) is 0 Å². The monoisotopic (exact) mass is 880 g/mol. The van der Waals surface area contributed by atoms with Crippen molar-refractivity contribution in [1.82, 2.24) is 0 Å². The summed E-state index contributed by atoms with van der Waals surface area (Å²) in [6.07, 6.45) is 0. The normalized spacial score (nSPS) is 11.5. The molecule has 0 amide bonds. The summed E-state index contributed by atoms with van der Waals surface area (Å²) in [5, 5.41) is 0. The topological polar surface area (TPSA) is 0 Å². The molecule has 248 valence electrons. The zero-order chi connectivity index (χ0) is 33.2. The number of hydrogen-bond acceptors (Lipinski definition) is 0. The van der Waals surface area contributed by atoms with Crippen LogP contribution in [-0.4, -0.2) is 55.5 Å². The zero-order valence-electron chi connectivity index (χ0n) is 30.1. The maximum atomic E-state index is 6.12. The number of halogens is 2. The third-order valence-corrected chi connectivity index (χ3v) is 39.9. The first-order valence-electron chi connectivity index (χ1n) is 16.2. The van der Waals surface area contributed by atoms with Gasteiger partial charge in [-0.15, -0.1) is 0 Å². The van der Waals surface area contributed by atoms with Crippen LogP contribution >= 0.6 is 20.0 Å². The molecule has 0 N–H and O–H groups in total. The van der Waals surface area contributed by atoms with Crippen LogP contribution in [0, 0.1) is 0 Å². The summed E-state index contributed by atoms with van der Waals surface area (Å²) in [5.74, 6) is 0. The van der Waals surface area contributed by atoms with E-state index in [0.717, 1.165) is 38.0 Å². The van der Waals surface area contributed by atoms with Gasteiger partial charge in [-0.3, -0.25) is 0 Å². The second-order valence-electron chi connectivity index (χ2n) is 13.7. The second kappa shape index (κ2) is 27.2. The SMILES string of the molecule is C.C[CH](C)[Ge]([Cl])[CH](C)C.C[CH](C)[Ge]([Cl])[CH](C)C.C[CH](C)[Ge]([c]1ccccc1)[CH](C)C.C[CH](C)[Ge]([c]1ccccc1)[CH](C)C. The standard InChI is InChI=1S/2C12H19Ge.2C6H14ClGe.CH4/c2*1-10(2)13(11(3)4)12-8-6-5-7-9-12;2*1-5(2)8(7)6(3)4;/h2*5-11H,1-4H3;2*5-6H,1-4H3;1H4. The summed E-state index contributed by atoms with van der Waals surface area (Å²) in [4.78, 5) is 0. The van der Waals surface area contributed by atoms with Crippen molar-refractivity contribution in [2.75, 3.05) is 0 Å². The van der Waals surface area contributed by atoms with Crippen molar-refractivity contribution < 1.29 is 0 Å². The third-order valence-electron chi connectivity index (χ3n) is 6.91. The van der Waals surface area contributed by atoms with Crippen molar-refractivity contribution in [1.29, 1.82) is 0 Å². The van der Waals surface area contributed by atoms with Crippen LogP contribution in [0.2, 0.25) is 38.0 Å². The van der Waals surface area contributed by atoms with Crippen molar-refractivity contribution in [3.63, 3.8) is 0 Å². The Hall–Kier alpha value is 1.19. The molecule has 0 aliphatic carbocycles. The Bertz CT molecular complexity index is 763. The molecule has 0 saturated heterocycles. The summed E-state index contributed by atoms with van der Waals surface area (Å²) < 4.78 is 9.95. The molecule has 0 bridgehead atoms. The Kier molecular flexibility index (Phi) is 30.7. The van der Waals surface area contributed by atoms with Crippen LogP contribution in [0.25, 0.3) is 0 Å². The molecule has 0 fully saturated rings. The first kappa shape index (κ1) is 48.6. The van der Waals surface area contributed by atoms with E-state index in [1.165, 1.54) is 0 Å². The van der Waals surface area contributed by atoms with E-state index < -0.39 is 55.5 Å². The molecule has 0 spiro atoms. The molecular formula is C37H70Cl2Ge4. The van der Waals surface area contributed by atoms with Gasteiger partial charge in [0.15, 0.2) is 0 Å². The average molecular weight is 876 g/mol. The summed E-state index contributed by atoms with van der Waals surface area (Å²) in [7, 11) is 12.2. The molecule has 2 aromatic carbocycles. The van der Waals surface area contributed by atoms with E-state index in [2.05, 4.69) is 171 Å². The molecule has 2 aromatic rings. The van der Waals surface area contributed by atoms with Gasteiger partial charge in [0, 0.05) is 0 Å². The summed E-state index contributed by atoms with van der Waals surface area (Å²) >= 11 is -4.29. The number of hydrogen-bond donors (Lipinski definition) is 0.